The quantitative estimate of drug-likeness (QED) is 0.788. The first-order valence-corrected chi connectivity index (χ1v) is 11.1. The van der Waals surface area contributed by atoms with Crippen LogP contribution in [-0.4, -0.2) is 37.5 Å². The van der Waals surface area contributed by atoms with Crippen LogP contribution in [0.4, 0.5) is 11.4 Å². The number of nitrogens with zero attached hydrogens (tertiary/aromatic N) is 2. The lowest BCUT2D eigenvalue weighted by atomic mass is 10.00. The Bertz CT molecular complexity index is 946. The molecule has 2 aliphatic rings. The molecule has 0 bridgehead atoms. The second kappa shape index (κ2) is 9.09. The lowest BCUT2D eigenvalue weighted by Gasteiger charge is -2.34. The zero-order valence-electron chi connectivity index (χ0n) is 17.4. The number of nitrogens with one attached hydrogen (secondary N) is 1. The van der Waals surface area contributed by atoms with E-state index in [9.17, 15) is 9.59 Å². The Morgan fingerprint density at radius 3 is 2.80 bits per heavy atom. The summed E-state index contributed by atoms with van der Waals surface area (Å²) in [6.45, 7) is 3.73. The highest BCUT2D eigenvalue weighted by atomic mass is 35.5. The van der Waals surface area contributed by atoms with Crippen LogP contribution >= 0.6 is 11.6 Å². The van der Waals surface area contributed by atoms with Gasteiger partial charge in [0.2, 0.25) is 11.8 Å². The maximum Gasteiger partial charge on any atom is 0.240 e. The lowest BCUT2D eigenvalue weighted by Crippen LogP contribution is -2.46. The van der Waals surface area contributed by atoms with E-state index in [1.54, 1.807) is 17.0 Å². The maximum absolute atomic E-state index is 12.6. The van der Waals surface area contributed by atoms with Gasteiger partial charge in [-0.2, -0.15) is 0 Å². The summed E-state index contributed by atoms with van der Waals surface area (Å²) in [5, 5.41) is 3.64. The molecule has 0 aromatic heterocycles. The molecule has 2 aromatic carbocycles. The first-order chi connectivity index (χ1) is 14.5. The summed E-state index contributed by atoms with van der Waals surface area (Å²) in [6, 6.07) is 14.1. The van der Waals surface area contributed by atoms with Crippen LogP contribution in [0.5, 0.6) is 0 Å². The van der Waals surface area contributed by atoms with Gasteiger partial charge < -0.3 is 15.1 Å². The predicted molar refractivity (Wildman–Crippen MR) is 121 cm³/mol. The molecule has 0 radical (unpaired) electrons. The van der Waals surface area contributed by atoms with E-state index >= 15 is 0 Å². The number of hydrogen-bond acceptors (Lipinski definition) is 3. The number of carbonyl (C=O) groups excluding carboxylic acids is 2. The van der Waals surface area contributed by atoms with Crippen LogP contribution in [-0.2, 0) is 22.4 Å². The number of para-hydroxylation sites is 1. The Morgan fingerprint density at radius 1 is 1.10 bits per heavy atom. The van der Waals surface area contributed by atoms with Crippen molar-refractivity contribution < 1.29 is 9.59 Å². The van der Waals surface area contributed by atoms with Crippen LogP contribution < -0.4 is 15.1 Å². The van der Waals surface area contributed by atoms with Crippen molar-refractivity contribution in [1.29, 1.82) is 0 Å². The Balaban J connectivity index is 1.38. The van der Waals surface area contributed by atoms with Gasteiger partial charge in [-0.05, 0) is 61.6 Å². The van der Waals surface area contributed by atoms with Crippen LogP contribution in [0.2, 0.25) is 5.02 Å². The van der Waals surface area contributed by atoms with Crippen molar-refractivity contribution in [3.8, 4) is 0 Å². The van der Waals surface area contributed by atoms with Crippen LogP contribution in [0, 0.1) is 0 Å². The van der Waals surface area contributed by atoms with Crippen LogP contribution in [0.1, 0.15) is 37.3 Å². The van der Waals surface area contributed by atoms with E-state index in [0.717, 1.165) is 30.6 Å². The zero-order valence-corrected chi connectivity index (χ0v) is 18.1. The first-order valence-electron chi connectivity index (χ1n) is 10.7. The molecule has 2 amide bonds. The summed E-state index contributed by atoms with van der Waals surface area (Å²) in [6.07, 6.45) is 5.02. The molecule has 30 heavy (non-hydrogen) atoms. The van der Waals surface area contributed by atoms with E-state index < -0.39 is 0 Å². The number of hydrogen-bond donors (Lipinski definition) is 1. The molecular formula is C24H28ClN3O2. The molecule has 2 heterocycles. The Morgan fingerprint density at radius 2 is 1.93 bits per heavy atom. The number of rotatable bonds is 5. The fraction of sp³-hybridized carbons (Fsp3) is 0.417. The minimum absolute atomic E-state index is 0.0385. The van der Waals surface area contributed by atoms with Crippen molar-refractivity contribution in [2.45, 2.75) is 45.1 Å². The first kappa shape index (κ1) is 20.7. The van der Waals surface area contributed by atoms with Crippen molar-refractivity contribution >= 4 is 34.8 Å². The molecule has 4 rings (SSSR count). The number of amides is 2. The van der Waals surface area contributed by atoms with Gasteiger partial charge in [0.25, 0.3) is 0 Å². The molecule has 0 saturated heterocycles. The lowest BCUT2D eigenvalue weighted by molar-refractivity contribution is -0.123. The van der Waals surface area contributed by atoms with Gasteiger partial charge in [0.05, 0.1) is 6.42 Å². The van der Waals surface area contributed by atoms with E-state index in [-0.39, 0.29) is 24.4 Å². The number of anilines is 2. The smallest absolute Gasteiger partial charge is 0.240 e. The summed E-state index contributed by atoms with van der Waals surface area (Å²) in [5.41, 5.74) is 4.32. The monoisotopic (exact) mass is 425 g/mol. The second-order valence-electron chi connectivity index (χ2n) is 8.22. The third-order valence-corrected chi connectivity index (χ3v) is 6.28. The van der Waals surface area contributed by atoms with Crippen molar-refractivity contribution in [1.82, 2.24) is 5.32 Å². The average Bonchev–Trinajstić information content (AvgIpc) is 3.01. The molecule has 1 atom stereocenters. The van der Waals surface area contributed by atoms with E-state index in [0.29, 0.717) is 18.0 Å². The molecule has 1 N–H and O–H groups in total. The summed E-state index contributed by atoms with van der Waals surface area (Å²) in [4.78, 5) is 29.0. The van der Waals surface area contributed by atoms with Gasteiger partial charge in [-0.1, -0.05) is 36.2 Å². The Kier molecular flexibility index (Phi) is 6.28. The van der Waals surface area contributed by atoms with E-state index in [4.69, 9.17) is 11.6 Å². The van der Waals surface area contributed by atoms with Crippen molar-refractivity contribution in [3.05, 3.63) is 58.6 Å². The molecular weight excluding hydrogens is 398 g/mol. The van der Waals surface area contributed by atoms with Gasteiger partial charge in [-0.25, -0.2) is 0 Å². The summed E-state index contributed by atoms with van der Waals surface area (Å²) in [7, 11) is 0. The standard InChI is InChI=1S/C24H28ClN3O2/c1-17(27-12-6-2-3-7-18-8-4-5-9-21(18)27)15-26-23(29)16-28-22-11-10-20(25)13-19(22)14-24(28)30/h4-5,8-11,13,17H,2-3,6-7,12,14-16H2,1H3,(H,26,29). The third-order valence-electron chi connectivity index (χ3n) is 6.05. The topological polar surface area (TPSA) is 52.7 Å². The molecule has 2 aromatic rings. The second-order valence-corrected chi connectivity index (χ2v) is 8.65. The van der Waals surface area contributed by atoms with Gasteiger partial charge in [0, 0.05) is 35.5 Å². The number of aryl methyl sites for hydroxylation is 1. The largest absolute Gasteiger partial charge is 0.367 e. The summed E-state index contributed by atoms with van der Waals surface area (Å²) < 4.78 is 0. The van der Waals surface area contributed by atoms with E-state index in [2.05, 4.69) is 41.4 Å². The minimum atomic E-state index is -0.140. The third kappa shape index (κ3) is 4.46. The Hall–Kier alpha value is -2.53. The van der Waals surface area contributed by atoms with E-state index in [1.165, 1.54) is 24.1 Å². The van der Waals surface area contributed by atoms with Gasteiger partial charge in [0.15, 0.2) is 0 Å². The van der Waals surface area contributed by atoms with Crippen LogP contribution in [0.15, 0.2) is 42.5 Å². The number of halogens is 1. The van der Waals surface area contributed by atoms with Crippen molar-refractivity contribution in [2.75, 3.05) is 29.4 Å². The molecule has 6 heteroatoms. The molecule has 1 unspecified atom stereocenters. The molecule has 0 saturated carbocycles. The van der Waals surface area contributed by atoms with Crippen molar-refractivity contribution in [2.24, 2.45) is 0 Å². The highest BCUT2D eigenvalue weighted by Crippen LogP contribution is 2.31. The fourth-order valence-electron chi connectivity index (χ4n) is 4.45. The molecule has 2 aliphatic heterocycles. The van der Waals surface area contributed by atoms with Crippen LogP contribution in [0.25, 0.3) is 0 Å². The zero-order chi connectivity index (χ0) is 21.1. The van der Waals surface area contributed by atoms with Crippen LogP contribution in [0.3, 0.4) is 0 Å². The Labute approximate surface area is 183 Å². The highest BCUT2D eigenvalue weighted by Gasteiger charge is 2.29. The molecule has 158 valence electrons. The number of fused-ring (bicyclic) bond motifs is 2. The molecule has 5 nitrogen and oxygen atoms in total. The predicted octanol–water partition coefficient (Wildman–Crippen LogP) is 3.97. The average molecular weight is 426 g/mol. The highest BCUT2D eigenvalue weighted by molar-refractivity contribution is 6.31. The van der Waals surface area contributed by atoms with Gasteiger partial charge in [0.1, 0.15) is 6.54 Å². The summed E-state index contributed by atoms with van der Waals surface area (Å²) in [5.74, 6) is -0.202. The number of benzene rings is 2. The molecule has 0 fully saturated rings. The molecule has 0 aliphatic carbocycles. The van der Waals surface area contributed by atoms with Gasteiger partial charge >= 0.3 is 0 Å². The maximum atomic E-state index is 12.6. The number of carbonyl (C=O) groups is 2. The normalized spacial score (nSPS) is 17.1. The summed E-state index contributed by atoms with van der Waals surface area (Å²) >= 11 is 6.03. The minimum Gasteiger partial charge on any atom is -0.367 e. The van der Waals surface area contributed by atoms with Gasteiger partial charge in [-0.15, -0.1) is 0 Å². The van der Waals surface area contributed by atoms with E-state index in [1.807, 2.05) is 6.07 Å². The molecule has 0 spiro atoms. The fourth-order valence-corrected chi connectivity index (χ4v) is 4.65. The van der Waals surface area contributed by atoms with Gasteiger partial charge in [-0.3, -0.25) is 9.59 Å². The SMILES string of the molecule is CC(CNC(=O)CN1C(=O)Cc2cc(Cl)ccc21)N1CCCCCc2ccccc21. The van der Waals surface area contributed by atoms with Crippen molar-refractivity contribution in [3.63, 3.8) is 0 Å².